The molecule has 0 saturated carbocycles. The second-order valence-corrected chi connectivity index (χ2v) is 8.50. The lowest BCUT2D eigenvalue weighted by atomic mass is 10.1. The van der Waals surface area contributed by atoms with Crippen LogP contribution in [0, 0.1) is 6.92 Å². The minimum absolute atomic E-state index is 0.0226. The highest BCUT2D eigenvalue weighted by Crippen LogP contribution is 2.24. The van der Waals surface area contributed by atoms with Gasteiger partial charge >= 0.3 is 0 Å². The van der Waals surface area contributed by atoms with Crippen molar-refractivity contribution < 1.29 is 14.3 Å². The zero-order valence-corrected chi connectivity index (χ0v) is 19.6. The molecule has 1 saturated heterocycles. The van der Waals surface area contributed by atoms with Gasteiger partial charge in [0.2, 0.25) is 0 Å². The molecule has 7 heteroatoms. The number of aromatic nitrogens is 2. The average molecular weight is 449 g/mol. The molecule has 1 atom stereocenters. The molecule has 1 aliphatic rings. The molecule has 1 amide bonds. The van der Waals surface area contributed by atoms with Gasteiger partial charge in [-0.1, -0.05) is 36.4 Å². The second-order valence-electron chi connectivity index (χ2n) is 8.50. The molecule has 0 aliphatic carbocycles. The molecule has 2 heterocycles. The minimum atomic E-state index is -0.0787. The largest absolute Gasteiger partial charge is 0.494 e. The van der Waals surface area contributed by atoms with Crippen LogP contribution >= 0.6 is 0 Å². The summed E-state index contributed by atoms with van der Waals surface area (Å²) in [5, 5.41) is 4.63. The molecular formula is C26H32N4O3. The number of hydrogen-bond donors (Lipinski definition) is 0. The Kier molecular flexibility index (Phi) is 7.42. The number of benzene rings is 2. The standard InChI is InChI=1S/C26H32N4O3/c1-20-9-10-25(32-3)24(17-20)30-12-11-23(27-30)26(31)29(19-22-7-5-4-6-8-22)21(2)18-28-13-15-33-16-14-28/h4-12,17,21H,13-16,18-19H2,1-3H3. The van der Waals surface area contributed by atoms with Crippen molar-refractivity contribution in [3.05, 3.63) is 77.6 Å². The average Bonchev–Trinajstić information content (AvgIpc) is 3.33. The van der Waals surface area contributed by atoms with Gasteiger partial charge in [0.15, 0.2) is 5.69 Å². The minimum Gasteiger partial charge on any atom is -0.494 e. The number of aryl methyl sites for hydroxylation is 1. The highest BCUT2D eigenvalue weighted by Gasteiger charge is 2.26. The molecule has 0 radical (unpaired) electrons. The van der Waals surface area contributed by atoms with Crippen molar-refractivity contribution in [3.63, 3.8) is 0 Å². The summed E-state index contributed by atoms with van der Waals surface area (Å²) in [5.74, 6) is 0.634. The first kappa shape index (κ1) is 23.0. The fourth-order valence-electron chi connectivity index (χ4n) is 4.16. The van der Waals surface area contributed by atoms with Crippen LogP contribution in [-0.4, -0.2) is 71.5 Å². The predicted molar refractivity (Wildman–Crippen MR) is 128 cm³/mol. The van der Waals surface area contributed by atoms with Crippen LogP contribution in [0.15, 0.2) is 60.8 Å². The zero-order valence-electron chi connectivity index (χ0n) is 19.6. The number of ether oxygens (including phenoxy) is 2. The second kappa shape index (κ2) is 10.6. The van der Waals surface area contributed by atoms with Crippen molar-refractivity contribution in [1.82, 2.24) is 19.6 Å². The highest BCUT2D eigenvalue weighted by molar-refractivity contribution is 5.92. The van der Waals surface area contributed by atoms with Gasteiger partial charge < -0.3 is 14.4 Å². The number of rotatable bonds is 8. The van der Waals surface area contributed by atoms with Crippen LogP contribution in [-0.2, 0) is 11.3 Å². The van der Waals surface area contributed by atoms with E-state index in [4.69, 9.17) is 9.47 Å². The van der Waals surface area contributed by atoms with Crippen molar-refractivity contribution in [2.24, 2.45) is 0 Å². The summed E-state index contributed by atoms with van der Waals surface area (Å²) in [4.78, 5) is 18.0. The first-order valence-electron chi connectivity index (χ1n) is 11.4. The van der Waals surface area contributed by atoms with Crippen molar-refractivity contribution in [2.45, 2.75) is 26.4 Å². The molecule has 0 bridgehead atoms. The number of carbonyl (C=O) groups excluding carboxylic acids is 1. The molecule has 1 aromatic heterocycles. The van der Waals surface area contributed by atoms with Crippen LogP contribution in [0.3, 0.4) is 0 Å². The van der Waals surface area contributed by atoms with E-state index in [0.29, 0.717) is 18.0 Å². The SMILES string of the molecule is COc1ccc(C)cc1-n1ccc(C(=O)N(Cc2ccccc2)C(C)CN2CCOCC2)n1. The molecule has 1 fully saturated rings. The van der Waals surface area contributed by atoms with Gasteiger partial charge in [0, 0.05) is 38.4 Å². The lowest BCUT2D eigenvalue weighted by Crippen LogP contribution is -2.48. The summed E-state index contributed by atoms with van der Waals surface area (Å²) in [6, 6.07) is 17.8. The molecule has 0 N–H and O–H groups in total. The third-order valence-electron chi connectivity index (χ3n) is 6.00. The number of carbonyl (C=O) groups is 1. The lowest BCUT2D eigenvalue weighted by Gasteiger charge is -2.35. The van der Waals surface area contributed by atoms with Gasteiger partial charge in [-0.25, -0.2) is 4.68 Å². The lowest BCUT2D eigenvalue weighted by molar-refractivity contribution is 0.0227. The first-order valence-corrected chi connectivity index (χ1v) is 11.4. The first-order chi connectivity index (χ1) is 16.0. The highest BCUT2D eigenvalue weighted by atomic mass is 16.5. The predicted octanol–water partition coefficient (Wildman–Crippen LogP) is 3.55. The molecular weight excluding hydrogens is 416 g/mol. The Labute approximate surface area is 195 Å². The summed E-state index contributed by atoms with van der Waals surface area (Å²) in [5.41, 5.74) is 3.43. The van der Waals surface area contributed by atoms with Crippen LogP contribution in [0.25, 0.3) is 5.69 Å². The van der Waals surface area contributed by atoms with Crippen molar-refractivity contribution in [1.29, 1.82) is 0 Å². The number of amides is 1. The molecule has 3 aromatic rings. The fraction of sp³-hybridized carbons (Fsp3) is 0.385. The summed E-state index contributed by atoms with van der Waals surface area (Å²) in [6.07, 6.45) is 1.82. The number of nitrogens with zero attached hydrogens (tertiary/aromatic N) is 4. The van der Waals surface area contributed by atoms with Crippen LogP contribution in [0.1, 0.15) is 28.5 Å². The molecule has 7 nitrogen and oxygen atoms in total. The Morgan fingerprint density at radius 3 is 2.64 bits per heavy atom. The van der Waals surface area contributed by atoms with Gasteiger partial charge in [-0.15, -0.1) is 0 Å². The van der Waals surface area contributed by atoms with Crippen molar-refractivity contribution in [3.8, 4) is 11.4 Å². The van der Waals surface area contributed by atoms with E-state index in [1.54, 1.807) is 17.9 Å². The number of morpholine rings is 1. The molecule has 0 spiro atoms. The molecule has 1 unspecified atom stereocenters. The summed E-state index contributed by atoms with van der Waals surface area (Å²) in [7, 11) is 1.64. The van der Waals surface area contributed by atoms with E-state index in [1.807, 2.05) is 54.4 Å². The molecule has 1 aliphatic heterocycles. The maximum absolute atomic E-state index is 13.7. The maximum Gasteiger partial charge on any atom is 0.274 e. The Balaban J connectivity index is 1.59. The Bertz CT molecular complexity index is 1060. The van der Waals surface area contributed by atoms with E-state index < -0.39 is 0 Å². The van der Waals surface area contributed by atoms with Gasteiger partial charge in [0.1, 0.15) is 11.4 Å². The fourth-order valence-corrected chi connectivity index (χ4v) is 4.16. The molecule has 2 aromatic carbocycles. The number of hydrogen-bond acceptors (Lipinski definition) is 5. The van der Waals surface area contributed by atoms with E-state index in [2.05, 4.69) is 29.1 Å². The van der Waals surface area contributed by atoms with Crippen LogP contribution in [0.5, 0.6) is 5.75 Å². The van der Waals surface area contributed by atoms with E-state index >= 15 is 0 Å². The van der Waals surface area contributed by atoms with Crippen molar-refractivity contribution in [2.75, 3.05) is 40.0 Å². The molecule has 33 heavy (non-hydrogen) atoms. The Hall–Kier alpha value is -3.16. The Morgan fingerprint density at radius 1 is 1.15 bits per heavy atom. The molecule has 174 valence electrons. The monoisotopic (exact) mass is 448 g/mol. The van der Waals surface area contributed by atoms with E-state index in [-0.39, 0.29) is 11.9 Å². The topological polar surface area (TPSA) is 59.8 Å². The van der Waals surface area contributed by atoms with E-state index in [9.17, 15) is 4.79 Å². The van der Waals surface area contributed by atoms with E-state index in [0.717, 1.165) is 49.7 Å². The smallest absolute Gasteiger partial charge is 0.274 e. The van der Waals surface area contributed by atoms with Gasteiger partial charge in [-0.3, -0.25) is 9.69 Å². The maximum atomic E-state index is 13.7. The van der Waals surface area contributed by atoms with Gasteiger partial charge in [-0.2, -0.15) is 5.10 Å². The third-order valence-corrected chi connectivity index (χ3v) is 6.00. The van der Waals surface area contributed by atoms with Crippen LogP contribution in [0.2, 0.25) is 0 Å². The quantitative estimate of drug-likeness (QED) is 0.528. The van der Waals surface area contributed by atoms with Gasteiger partial charge in [0.25, 0.3) is 5.91 Å². The number of methoxy groups -OCH3 is 1. The van der Waals surface area contributed by atoms with Crippen LogP contribution in [0.4, 0.5) is 0 Å². The normalized spacial score (nSPS) is 15.2. The van der Waals surface area contributed by atoms with Gasteiger partial charge in [0.05, 0.1) is 20.3 Å². The summed E-state index contributed by atoms with van der Waals surface area (Å²) < 4.78 is 12.7. The van der Waals surface area contributed by atoms with E-state index in [1.165, 1.54) is 0 Å². The summed E-state index contributed by atoms with van der Waals surface area (Å²) in [6.45, 7) is 8.72. The van der Waals surface area contributed by atoms with Gasteiger partial charge in [-0.05, 0) is 43.2 Å². The Morgan fingerprint density at radius 2 is 1.91 bits per heavy atom. The molecule has 4 rings (SSSR count). The third kappa shape index (κ3) is 5.61. The van der Waals surface area contributed by atoms with Crippen molar-refractivity contribution >= 4 is 5.91 Å². The zero-order chi connectivity index (χ0) is 23.2. The van der Waals surface area contributed by atoms with Crippen LogP contribution < -0.4 is 4.74 Å². The summed E-state index contributed by atoms with van der Waals surface area (Å²) >= 11 is 0.